The second-order valence-electron chi connectivity index (χ2n) is 8.47. The Kier molecular flexibility index (Phi) is 11.4. The molecule has 4 nitrogen and oxygen atoms in total. The van der Waals surface area contributed by atoms with E-state index in [0.717, 1.165) is 51.0 Å². The van der Waals surface area contributed by atoms with Crippen LogP contribution in [0.15, 0.2) is 0 Å². The molecule has 0 saturated heterocycles. The SMILES string of the molecule is CCCCCC(CNC(=O)C1CCC(C(N)CCC(C)C)CC1)NC. The molecule has 1 aliphatic rings. The summed E-state index contributed by atoms with van der Waals surface area (Å²) in [6, 6.07) is 0.718. The van der Waals surface area contributed by atoms with Gasteiger partial charge in [0.05, 0.1) is 0 Å². The maximum atomic E-state index is 12.5. The summed E-state index contributed by atoms with van der Waals surface area (Å²) < 4.78 is 0. The molecule has 0 aromatic carbocycles. The highest BCUT2D eigenvalue weighted by molar-refractivity contribution is 5.78. The van der Waals surface area contributed by atoms with Crippen LogP contribution in [0.5, 0.6) is 0 Å². The first-order valence-corrected chi connectivity index (χ1v) is 10.7. The second kappa shape index (κ2) is 12.7. The summed E-state index contributed by atoms with van der Waals surface area (Å²) in [5, 5.41) is 6.51. The third-order valence-corrected chi connectivity index (χ3v) is 5.91. The first-order chi connectivity index (χ1) is 12.0. The number of likely N-dealkylation sites (N-methyl/N-ethyl adjacent to an activating group) is 1. The molecule has 0 spiro atoms. The number of hydrogen-bond acceptors (Lipinski definition) is 3. The van der Waals surface area contributed by atoms with Crippen LogP contribution < -0.4 is 16.4 Å². The van der Waals surface area contributed by atoms with Gasteiger partial charge in [0.15, 0.2) is 0 Å². The smallest absolute Gasteiger partial charge is 0.223 e. The van der Waals surface area contributed by atoms with E-state index in [4.69, 9.17) is 5.73 Å². The van der Waals surface area contributed by atoms with Crippen LogP contribution in [0, 0.1) is 17.8 Å². The van der Waals surface area contributed by atoms with Gasteiger partial charge >= 0.3 is 0 Å². The Hall–Kier alpha value is -0.610. The van der Waals surface area contributed by atoms with Crippen LogP contribution in [0.25, 0.3) is 0 Å². The van der Waals surface area contributed by atoms with Gasteiger partial charge in [-0.25, -0.2) is 0 Å². The molecule has 4 N–H and O–H groups in total. The first-order valence-electron chi connectivity index (χ1n) is 10.7. The molecule has 25 heavy (non-hydrogen) atoms. The summed E-state index contributed by atoms with van der Waals surface area (Å²) in [5.74, 6) is 1.79. The molecule has 0 bridgehead atoms. The van der Waals surface area contributed by atoms with Gasteiger partial charge in [-0.15, -0.1) is 0 Å². The quantitative estimate of drug-likeness (QED) is 0.467. The van der Waals surface area contributed by atoms with Gasteiger partial charge in [-0.3, -0.25) is 4.79 Å². The van der Waals surface area contributed by atoms with Crippen molar-refractivity contribution >= 4 is 5.91 Å². The van der Waals surface area contributed by atoms with Gasteiger partial charge in [0, 0.05) is 24.5 Å². The molecule has 0 aromatic rings. The fourth-order valence-corrected chi connectivity index (χ4v) is 3.93. The van der Waals surface area contributed by atoms with E-state index < -0.39 is 0 Å². The van der Waals surface area contributed by atoms with Crippen molar-refractivity contribution in [3.8, 4) is 0 Å². The number of rotatable bonds is 12. The molecule has 0 aromatic heterocycles. The molecule has 2 atom stereocenters. The van der Waals surface area contributed by atoms with E-state index in [0.29, 0.717) is 18.0 Å². The lowest BCUT2D eigenvalue weighted by Gasteiger charge is -2.32. The first kappa shape index (κ1) is 22.4. The Bertz CT molecular complexity index is 351. The second-order valence-corrected chi connectivity index (χ2v) is 8.47. The molecule has 1 fully saturated rings. The van der Waals surface area contributed by atoms with Crippen LogP contribution in [-0.2, 0) is 4.79 Å². The van der Waals surface area contributed by atoms with Crippen molar-refractivity contribution in [3.63, 3.8) is 0 Å². The third kappa shape index (κ3) is 9.05. The van der Waals surface area contributed by atoms with E-state index >= 15 is 0 Å². The van der Waals surface area contributed by atoms with Crippen molar-refractivity contribution in [3.05, 3.63) is 0 Å². The Labute approximate surface area is 156 Å². The molecule has 1 amide bonds. The lowest BCUT2D eigenvalue weighted by atomic mass is 9.77. The predicted octanol–water partition coefficient (Wildman–Crippen LogP) is 3.84. The summed E-state index contributed by atoms with van der Waals surface area (Å²) >= 11 is 0. The Morgan fingerprint density at radius 3 is 2.32 bits per heavy atom. The minimum atomic E-state index is 0.196. The highest BCUT2D eigenvalue weighted by Gasteiger charge is 2.29. The van der Waals surface area contributed by atoms with E-state index in [1.807, 2.05) is 7.05 Å². The van der Waals surface area contributed by atoms with E-state index in [2.05, 4.69) is 31.4 Å². The van der Waals surface area contributed by atoms with Gasteiger partial charge in [-0.2, -0.15) is 0 Å². The van der Waals surface area contributed by atoms with Crippen molar-refractivity contribution in [2.75, 3.05) is 13.6 Å². The number of unbranched alkanes of at least 4 members (excludes halogenated alkanes) is 2. The van der Waals surface area contributed by atoms with Crippen LogP contribution in [0.4, 0.5) is 0 Å². The fourth-order valence-electron chi connectivity index (χ4n) is 3.93. The minimum Gasteiger partial charge on any atom is -0.354 e. The number of nitrogens with two attached hydrogens (primary N) is 1. The molecule has 1 saturated carbocycles. The van der Waals surface area contributed by atoms with Crippen LogP contribution in [0.1, 0.15) is 85.0 Å². The molecule has 4 heteroatoms. The van der Waals surface area contributed by atoms with Gasteiger partial charge in [0.25, 0.3) is 0 Å². The third-order valence-electron chi connectivity index (χ3n) is 5.91. The average Bonchev–Trinajstić information content (AvgIpc) is 2.62. The van der Waals surface area contributed by atoms with Crippen LogP contribution in [0.3, 0.4) is 0 Å². The van der Waals surface area contributed by atoms with Crippen molar-refractivity contribution in [2.24, 2.45) is 23.5 Å². The summed E-state index contributed by atoms with van der Waals surface area (Å²) in [4.78, 5) is 12.5. The monoisotopic (exact) mass is 353 g/mol. The normalized spacial score (nSPS) is 23.4. The summed E-state index contributed by atoms with van der Waals surface area (Å²) in [5.41, 5.74) is 6.38. The molecule has 1 aliphatic carbocycles. The van der Waals surface area contributed by atoms with Crippen LogP contribution in [0.2, 0.25) is 0 Å². The van der Waals surface area contributed by atoms with Gasteiger partial charge < -0.3 is 16.4 Å². The van der Waals surface area contributed by atoms with Gasteiger partial charge in [-0.05, 0) is 63.8 Å². The summed E-state index contributed by atoms with van der Waals surface area (Å²) in [7, 11) is 1.99. The zero-order chi connectivity index (χ0) is 18.7. The summed E-state index contributed by atoms with van der Waals surface area (Å²) in [6.07, 6.45) is 11.5. The number of carbonyl (C=O) groups is 1. The molecular weight excluding hydrogens is 310 g/mol. The van der Waals surface area contributed by atoms with Crippen LogP contribution in [-0.4, -0.2) is 31.6 Å². The van der Waals surface area contributed by atoms with E-state index in [9.17, 15) is 4.79 Å². The lowest BCUT2D eigenvalue weighted by Crippen LogP contribution is -2.43. The topological polar surface area (TPSA) is 67.2 Å². The van der Waals surface area contributed by atoms with E-state index in [1.165, 1.54) is 25.7 Å². The van der Waals surface area contributed by atoms with E-state index in [-0.39, 0.29) is 11.8 Å². The largest absolute Gasteiger partial charge is 0.354 e. The molecular formula is C21H43N3O. The lowest BCUT2D eigenvalue weighted by molar-refractivity contribution is -0.126. The van der Waals surface area contributed by atoms with Crippen molar-refractivity contribution < 1.29 is 4.79 Å². The van der Waals surface area contributed by atoms with Crippen LogP contribution >= 0.6 is 0 Å². The zero-order valence-corrected chi connectivity index (χ0v) is 17.2. The maximum Gasteiger partial charge on any atom is 0.223 e. The molecule has 0 heterocycles. The van der Waals surface area contributed by atoms with Gasteiger partial charge in [0.1, 0.15) is 0 Å². The Morgan fingerprint density at radius 1 is 1.08 bits per heavy atom. The zero-order valence-electron chi connectivity index (χ0n) is 17.2. The number of amides is 1. The molecule has 1 rings (SSSR count). The van der Waals surface area contributed by atoms with Crippen molar-refractivity contribution in [1.29, 1.82) is 0 Å². The fraction of sp³-hybridized carbons (Fsp3) is 0.952. The molecule has 2 unspecified atom stereocenters. The maximum absolute atomic E-state index is 12.5. The Balaban J connectivity index is 2.25. The number of nitrogens with one attached hydrogen (secondary N) is 2. The standard InChI is InChI=1S/C21H43N3O/c1-5-6-7-8-19(23-4)15-24-21(25)18-12-10-17(11-13-18)20(22)14-9-16(2)3/h16-20,23H,5-15,22H2,1-4H3,(H,24,25). The summed E-state index contributed by atoms with van der Waals surface area (Å²) in [6.45, 7) is 7.50. The Morgan fingerprint density at radius 2 is 1.76 bits per heavy atom. The van der Waals surface area contributed by atoms with Crippen molar-refractivity contribution in [1.82, 2.24) is 10.6 Å². The highest BCUT2D eigenvalue weighted by Crippen LogP contribution is 2.32. The minimum absolute atomic E-state index is 0.196. The molecule has 148 valence electrons. The molecule has 0 radical (unpaired) electrons. The average molecular weight is 354 g/mol. The number of carbonyl (C=O) groups excluding carboxylic acids is 1. The van der Waals surface area contributed by atoms with Gasteiger partial charge in [0.2, 0.25) is 5.91 Å². The highest BCUT2D eigenvalue weighted by atomic mass is 16.1. The van der Waals surface area contributed by atoms with Gasteiger partial charge in [-0.1, -0.05) is 40.0 Å². The molecule has 0 aliphatic heterocycles. The van der Waals surface area contributed by atoms with Crippen molar-refractivity contribution in [2.45, 2.75) is 97.1 Å². The van der Waals surface area contributed by atoms with E-state index in [1.54, 1.807) is 0 Å². The predicted molar refractivity (Wildman–Crippen MR) is 107 cm³/mol. The number of hydrogen-bond donors (Lipinski definition) is 3.